The van der Waals surface area contributed by atoms with Crippen molar-refractivity contribution in [3.63, 3.8) is 0 Å². The van der Waals surface area contributed by atoms with Crippen LogP contribution in [0.1, 0.15) is 5.56 Å². The third-order valence-electron chi connectivity index (χ3n) is 3.07. The molecule has 0 saturated carbocycles. The van der Waals surface area contributed by atoms with E-state index in [1.807, 2.05) is 0 Å². The summed E-state index contributed by atoms with van der Waals surface area (Å²) in [5.41, 5.74) is 1.37. The highest BCUT2D eigenvalue weighted by Gasteiger charge is 2.06. The summed E-state index contributed by atoms with van der Waals surface area (Å²) in [7, 11) is -0.113. The van der Waals surface area contributed by atoms with Crippen LogP contribution in [0.25, 0.3) is 21.0 Å². The maximum Gasteiger partial charge on any atom is 0.00237 e. The SMILES string of the molecule is Cc1ccc2c3ccccc3p(C)c2c1. The lowest BCUT2D eigenvalue weighted by molar-refractivity contribution is 1.52. The van der Waals surface area contributed by atoms with E-state index in [1.165, 1.54) is 21.5 Å². The van der Waals surface area contributed by atoms with Gasteiger partial charge in [-0.25, -0.2) is 0 Å². The first-order chi connectivity index (χ1) is 7.27. The van der Waals surface area contributed by atoms with Crippen LogP contribution in [0.15, 0.2) is 42.5 Å². The largest absolute Gasteiger partial charge is 0.112 e. The van der Waals surface area contributed by atoms with Gasteiger partial charge in [0.1, 0.15) is 0 Å². The van der Waals surface area contributed by atoms with E-state index in [0.29, 0.717) is 0 Å². The Morgan fingerprint density at radius 2 is 1.60 bits per heavy atom. The Hall–Kier alpha value is -1.26. The molecule has 0 bridgehead atoms. The van der Waals surface area contributed by atoms with E-state index in [0.717, 1.165) is 0 Å². The van der Waals surface area contributed by atoms with Gasteiger partial charge in [0, 0.05) is 10.2 Å². The van der Waals surface area contributed by atoms with Crippen LogP contribution in [-0.2, 0) is 6.66 Å². The van der Waals surface area contributed by atoms with E-state index < -0.39 is 0 Å². The molecule has 74 valence electrons. The number of fused-ring (bicyclic) bond motifs is 3. The standard InChI is InChI=1S/C14H13P/c1-10-7-8-12-11-5-3-4-6-13(11)15(2)14(12)9-10/h3-9H,1-2H3. The number of benzene rings is 2. The molecule has 0 radical (unpaired) electrons. The fraction of sp³-hybridized carbons (Fsp3) is 0.143. The molecule has 0 spiro atoms. The molecule has 0 saturated heterocycles. The second kappa shape index (κ2) is 3.12. The van der Waals surface area contributed by atoms with Gasteiger partial charge < -0.3 is 0 Å². The minimum absolute atomic E-state index is 0.113. The molecule has 2 aromatic carbocycles. The van der Waals surface area contributed by atoms with Gasteiger partial charge in [-0.15, -0.1) is 7.53 Å². The Labute approximate surface area is 90.6 Å². The lowest BCUT2D eigenvalue weighted by Crippen LogP contribution is -1.69. The van der Waals surface area contributed by atoms with E-state index >= 15 is 0 Å². The van der Waals surface area contributed by atoms with Crippen LogP contribution in [0, 0.1) is 6.92 Å². The number of hydrogen-bond acceptors (Lipinski definition) is 0. The molecule has 0 fully saturated rings. The molecule has 0 amide bonds. The molecule has 0 N–H and O–H groups in total. The van der Waals surface area contributed by atoms with Gasteiger partial charge in [0.25, 0.3) is 0 Å². The summed E-state index contributed by atoms with van der Waals surface area (Å²) in [5, 5.41) is 5.98. The Morgan fingerprint density at radius 3 is 2.47 bits per heavy atom. The fourth-order valence-corrected chi connectivity index (χ4v) is 4.35. The van der Waals surface area contributed by atoms with E-state index in [4.69, 9.17) is 0 Å². The number of rotatable bonds is 0. The Bertz CT molecular complexity index is 647. The maximum atomic E-state index is 2.36. The van der Waals surface area contributed by atoms with Gasteiger partial charge >= 0.3 is 0 Å². The summed E-state index contributed by atoms with van der Waals surface area (Å²) in [5.74, 6) is 0. The van der Waals surface area contributed by atoms with Crippen molar-refractivity contribution in [2.45, 2.75) is 6.92 Å². The van der Waals surface area contributed by atoms with Gasteiger partial charge in [0.15, 0.2) is 0 Å². The summed E-state index contributed by atoms with van der Waals surface area (Å²) < 4.78 is 0. The first-order valence-corrected chi connectivity index (χ1v) is 7.00. The Balaban J connectivity index is 2.63. The first-order valence-electron chi connectivity index (χ1n) is 5.21. The summed E-state index contributed by atoms with van der Waals surface area (Å²) in [4.78, 5) is 0. The number of aryl methyl sites for hydroxylation is 2. The quantitative estimate of drug-likeness (QED) is 0.501. The predicted octanol–water partition coefficient (Wildman–Crippen LogP) is 4.83. The average molecular weight is 212 g/mol. The molecule has 1 heterocycles. The predicted molar refractivity (Wildman–Crippen MR) is 69.9 cm³/mol. The van der Waals surface area contributed by atoms with Crippen molar-refractivity contribution in [3.05, 3.63) is 48.0 Å². The van der Waals surface area contributed by atoms with Crippen molar-refractivity contribution in [1.82, 2.24) is 0 Å². The summed E-state index contributed by atoms with van der Waals surface area (Å²) in [6.45, 7) is 4.53. The average Bonchev–Trinajstić information content (AvgIpc) is 2.54. The topological polar surface area (TPSA) is 0 Å². The van der Waals surface area contributed by atoms with Crippen LogP contribution in [0.3, 0.4) is 0 Å². The monoisotopic (exact) mass is 212 g/mol. The zero-order chi connectivity index (χ0) is 10.4. The number of hydrogen-bond donors (Lipinski definition) is 0. The Morgan fingerprint density at radius 1 is 0.867 bits per heavy atom. The van der Waals surface area contributed by atoms with Crippen LogP contribution >= 0.6 is 7.53 Å². The van der Waals surface area contributed by atoms with Crippen molar-refractivity contribution < 1.29 is 0 Å². The van der Waals surface area contributed by atoms with Crippen LogP contribution in [0.5, 0.6) is 0 Å². The second-order valence-corrected chi connectivity index (χ2v) is 6.18. The van der Waals surface area contributed by atoms with Crippen LogP contribution in [0.4, 0.5) is 0 Å². The van der Waals surface area contributed by atoms with Crippen LogP contribution in [0.2, 0.25) is 0 Å². The van der Waals surface area contributed by atoms with Gasteiger partial charge in [0.2, 0.25) is 0 Å². The highest BCUT2D eigenvalue weighted by atomic mass is 31.1. The van der Waals surface area contributed by atoms with Crippen LogP contribution in [-0.4, -0.2) is 0 Å². The molecule has 0 aliphatic carbocycles. The van der Waals surface area contributed by atoms with E-state index in [9.17, 15) is 0 Å². The lowest BCUT2D eigenvalue weighted by atomic mass is 10.1. The summed E-state index contributed by atoms with van der Waals surface area (Å²) in [6, 6.07) is 15.6. The minimum atomic E-state index is -0.113. The van der Waals surface area contributed by atoms with E-state index in [2.05, 4.69) is 56.1 Å². The third kappa shape index (κ3) is 1.22. The van der Waals surface area contributed by atoms with Gasteiger partial charge in [0.05, 0.1) is 0 Å². The van der Waals surface area contributed by atoms with Crippen molar-refractivity contribution in [3.8, 4) is 0 Å². The second-order valence-electron chi connectivity index (χ2n) is 4.10. The van der Waals surface area contributed by atoms with Gasteiger partial charge in [-0.1, -0.05) is 42.0 Å². The van der Waals surface area contributed by atoms with Crippen LogP contribution < -0.4 is 0 Å². The van der Waals surface area contributed by atoms with E-state index in [1.54, 1.807) is 5.12 Å². The molecule has 3 rings (SSSR count). The van der Waals surface area contributed by atoms with Crippen molar-refractivity contribution in [2.75, 3.05) is 0 Å². The fourth-order valence-electron chi connectivity index (χ4n) is 2.27. The van der Waals surface area contributed by atoms with Crippen molar-refractivity contribution in [1.29, 1.82) is 0 Å². The maximum absolute atomic E-state index is 2.36. The molecule has 1 heteroatoms. The van der Waals surface area contributed by atoms with Crippen molar-refractivity contribution >= 4 is 28.5 Å². The normalized spacial score (nSPS) is 12.5. The van der Waals surface area contributed by atoms with E-state index in [-0.39, 0.29) is 7.53 Å². The highest BCUT2D eigenvalue weighted by molar-refractivity contribution is 7.59. The minimum Gasteiger partial charge on any atom is -0.112 e. The zero-order valence-corrected chi connectivity index (χ0v) is 9.88. The van der Waals surface area contributed by atoms with Gasteiger partial charge in [-0.2, -0.15) is 0 Å². The molecular weight excluding hydrogens is 199 g/mol. The molecule has 1 aromatic heterocycles. The molecule has 0 aliphatic heterocycles. The lowest BCUT2D eigenvalue weighted by Gasteiger charge is -1.94. The summed E-state index contributed by atoms with van der Waals surface area (Å²) in [6.07, 6.45) is 0. The van der Waals surface area contributed by atoms with Gasteiger partial charge in [-0.3, -0.25) is 0 Å². The van der Waals surface area contributed by atoms with Crippen molar-refractivity contribution in [2.24, 2.45) is 6.66 Å². The van der Waals surface area contributed by atoms with Gasteiger partial charge in [-0.05, 0) is 30.4 Å². The molecule has 1 atom stereocenters. The summed E-state index contributed by atoms with van der Waals surface area (Å²) >= 11 is 0. The zero-order valence-electron chi connectivity index (χ0n) is 8.99. The Kier molecular flexibility index (Phi) is 1.87. The molecule has 15 heavy (non-hydrogen) atoms. The highest BCUT2D eigenvalue weighted by Crippen LogP contribution is 2.46. The third-order valence-corrected chi connectivity index (χ3v) is 5.28. The smallest absolute Gasteiger partial charge is 0.00237 e. The molecule has 0 nitrogen and oxygen atoms in total. The molecule has 0 aliphatic rings. The molecular formula is C14H13P. The molecule has 3 aromatic rings. The molecule has 1 unspecified atom stereocenters. The first kappa shape index (κ1) is 9.00.